The summed E-state index contributed by atoms with van der Waals surface area (Å²) >= 11 is 0. The Morgan fingerprint density at radius 2 is 1.93 bits per heavy atom. The molecule has 2 N–H and O–H groups in total. The fourth-order valence-electron chi connectivity index (χ4n) is 3.20. The molecule has 0 aromatic heterocycles. The number of nitrogens with one attached hydrogen (secondary N) is 1. The first-order valence-electron chi connectivity index (χ1n) is 6.44. The molecule has 88 valence electrons. The van der Waals surface area contributed by atoms with Crippen molar-refractivity contribution < 1.29 is 5.11 Å². The minimum absolute atomic E-state index is 0.328. The Kier molecular flexibility index (Phi) is 4.00. The van der Waals surface area contributed by atoms with Gasteiger partial charge in [-0.2, -0.15) is 0 Å². The Bertz CT molecular complexity index is 186. The van der Waals surface area contributed by atoms with E-state index in [0.717, 1.165) is 37.6 Å². The molecule has 0 spiro atoms. The van der Waals surface area contributed by atoms with E-state index in [-0.39, 0.29) is 0 Å². The molecule has 2 saturated heterocycles. The largest absolute Gasteiger partial charge is 0.396 e. The molecule has 3 nitrogen and oxygen atoms in total. The predicted octanol–water partition coefficient (Wildman–Crippen LogP) is 0.974. The number of hydrogen-bond acceptors (Lipinski definition) is 3. The maximum Gasteiger partial charge on any atom is 0.0443 e. The third-order valence-electron chi connectivity index (χ3n) is 3.97. The Balaban J connectivity index is 1.85. The standard InChI is InChI=1S/C12H24N2O/c1-2-14(6-3-7-15)12-8-10-4-5-11(9-12)13-10/h10-13,15H,2-9H2,1H3. The maximum absolute atomic E-state index is 8.89. The van der Waals surface area contributed by atoms with Gasteiger partial charge in [-0.3, -0.25) is 0 Å². The van der Waals surface area contributed by atoms with E-state index in [0.29, 0.717) is 6.61 Å². The molecule has 2 rings (SSSR count). The lowest BCUT2D eigenvalue weighted by Crippen LogP contribution is -2.48. The zero-order valence-corrected chi connectivity index (χ0v) is 9.78. The molecule has 0 aliphatic carbocycles. The molecule has 3 heteroatoms. The van der Waals surface area contributed by atoms with Crippen LogP contribution in [0.3, 0.4) is 0 Å². The first kappa shape index (κ1) is 11.4. The van der Waals surface area contributed by atoms with Crippen molar-refractivity contribution in [2.45, 2.75) is 57.2 Å². The second-order valence-corrected chi connectivity index (χ2v) is 4.97. The summed E-state index contributed by atoms with van der Waals surface area (Å²) in [5.74, 6) is 0. The van der Waals surface area contributed by atoms with Gasteiger partial charge in [-0.15, -0.1) is 0 Å². The molecule has 0 saturated carbocycles. The van der Waals surface area contributed by atoms with Gasteiger partial charge in [-0.05, 0) is 38.6 Å². The summed E-state index contributed by atoms with van der Waals surface area (Å²) in [6.07, 6.45) is 6.30. The highest BCUT2D eigenvalue weighted by molar-refractivity contribution is 4.95. The summed E-state index contributed by atoms with van der Waals surface area (Å²) in [5.41, 5.74) is 0. The quantitative estimate of drug-likeness (QED) is 0.713. The van der Waals surface area contributed by atoms with E-state index in [4.69, 9.17) is 5.11 Å². The smallest absolute Gasteiger partial charge is 0.0443 e. The summed E-state index contributed by atoms with van der Waals surface area (Å²) in [5, 5.41) is 12.6. The second-order valence-electron chi connectivity index (χ2n) is 4.97. The van der Waals surface area contributed by atoms with E-state index < -0.39 is 0 Å². The van der Waals surface area contributed by atoms with E-state index in [9.17, 15) is 0 Å². The number of hydrogen-bond donors (Lipinski definition) is 2. The Hall–Kier alpha value is -0.120. The van der Waals surface area contributed by atoms with E-state index in [2.05, 4.69) is 17.1 Å². The van der Waals surface area contributed by atoms with Crippen molar-refractivity contribution in [3.8, 4) is 0 Å². The summed E-state index contributed by atoms with van der Waals surface area (Å²) in [4.78, 5) is 2.56. The average molecular weight is 212 g/mol. The highest BCUT2D eigenvalue weighted by Gasteiger charge is 2.35. The maximum atomic E-state index is 8.89. The van der Waals surface area contributed by atoms with Crippen molar-refractivity contribution in [3.05, 3.63) is 0 Å². The van der Waals surface area contributed by atoms with Gasteiger partial charge in [0.15, 0.2) is 0 Å². The van der Waals surface area contributed by atoms with Crippen molar-refractivity contribution in [2.24, 2.45) is 0 Å². The lowest BCUT2D eigenvalue weighted by atomic mass is 9.98. The molecule has 0 aromatic rings. The summed E-state index contributed by atoms with van der Waals surface area (Å²) in [6.45, 7) is 4.76. The molecule has 0 aromatic carbocycles. The van der Waals surface area contributed by atoms with E-state index in [1.54, 1.807) is 0 Å². The van der Waals surface area contributed by atoms with Crippen LogP contribution in [-0.2, 0) is 0 Å². The molecule has 2 aliphatic heterocycles. The molecular formula is C12H24N2O. The minimum Gasteiger partial charge on any atom is -0.396 e. The van der Waals surface area contributed by atoms with Gasteiger partial charge in [0.1, 0.15) is 0 Å². The summed E-state index contributed by atoms with van der Waals surface area (Å²) < 4.78 is 0. The third kappa shape index (κ3) is 2.71. The zero-order valence-electron chi connectivity index (χ0n) is 9.78. The van der Waals surface area contributed by atoms with Crippen LogP contribution in [0, 0.1) is 0 Å². The van der Waals surface area contributed by atoms with Crippen LogP contribution in [0.5, 0.6) is 0 Å². The minimum atomic E-state index is 0.328. The molecular weight excluding hydrogens is 188 g/mol. The molecule has 0 radical (unpaired) electrons. The lowest BCUT2D eigenvalue weighted by Gasteiger charge is -2.37. The van der Waals surface area contributed by atoms with Crippen molar-refractivity contribution in [1.82, 2.24) is 10.2 Å². The average Bonchev–Trinajstić information content (AvgIpc) is 2.59. The SMILES string of the molecule is CCN(CCCO)C1CC2CCC(C1)N2. The predicted molar refractivity (Wildman–Crippen MR) is 61.9 cm³/mol. The molecule has 2 unspecified atom stereocenters. The zero-order chi connectivity index (χ0) is 10.7. The van der Waals surface area contributed by atoms with Crippen LogP contribution in [0.15, 0.2) is 0 Å². The lowest BCUT2D eigenvalue weighted by molar-refractivity contribution is 0.136. The van der Waals surface area contributed by atoms with Crippen molar-refractivity contribution in [3.63, 3.8) is 0 Å². The van der Waals surface area contributed by atoms with Gasteiger partial charge in [0, 0.05) is 31.3 Å². The fourth-order valence-corrected chi connectivity index (χ4v) is 3.20. The molecule has 2 aliphatic rings. The third-order valence-corrected chi connectivity index (χ3v) is 3.97. The van der Waals surface area contributed by atoms with Gasteiger partial charge >= 0.3 is 0 Å². The number of nitrogens with zero attached hydrogens (tertiary/aromatic N) is 1. The molecule has 2 heterocycles. The highest BCUT2D eigenvalue weighted by atomic mass is 16.3. The number of rotatable bonds is 5. The fraction of sp³-hybridized carbons (Fsp3) is 1.00. The topological polar surface area (TPSA) is 35.5 Å². The van der Waals surface area contributed by atoms with Gasteiger partial charge in [0.05, 0.1) is 0 Å². The van der Waals surface area contributed by atoms with Crippen LogP contribution in [0.25, 0.3) is 0 Å². The number of piperidine rings is 1. The van der Waals surface area contributed by atoms with Crippen LogP contribution < -0.4 is 5.32 Å². The van der Waals surface area contributed by atoms with Crippen LogP contribution in [0.4, 0.5) is 0 Å². The van der Waals surface area contributed by atoms with Gasteiger partial charge in [-0.25, -0.2) is 0 Å². The molecule has 2 bridgehead atoms. The Labute approximate surface area is 92.8 Å². The summed E-state index contributed by atoms with van der Waals surface area (Å²) in [7, 11) is 0. The Morgan fingerprint density at radius 3 is 2.47 bits per heavy atom. The molecule has 0 amide bonds. The van der Waals surface area contributed by atoms with E-state index in [1.165, 1.54) is 25.7 Å². The van der Waals surface area contributed by atoms with Gasteiger partial charge in [0.25, 0.3) is 0 Å². The molecule has 2 atom stereocenters. The van der Waals surface area contributed by atoms with E-state index in [1.807, 2.05) is 0 Å². The first-order chi connectivity index (χ1) is 7.33. The Morgan fingerprint density at radius 1 is 1.27 bits per heavy atom. The van der Waals surface area contributed by atoms with Crippen molar-refractivity contribution in [2.75, 3.05) is 19.7 Å². The van der Waals surface area contributed by atoms with Crippen molar-refractivity contribution >= 4 is 0 Å². The summed E-state index contributed by atoms with van der Waals surface area (Å²) in [6, 6.07) is 2.31. The van der Waals surface area contributed by atoms with Crippen LogP contribution >= 0.6 is 0 Å². The van der Waals surface area contributed by atoms with Gasteiger partial charge < -0.3 is 15.3 Å². The van der Waals surface area contributed by atoms with Crippen LogP contribution in [0.2, 0.25) is 0 Å². The number of aliphatic hydroxyl groups is 1. The number of fused-ring (bicyclic) bond motifs is 2. The number of aliphatic hydroxyl groups excluding tert-OH is 1. The van der Waals surface area contributed by atoms with Crippen LogP contribution in [-0.4, -0.2) is 47.8 Å². The highest BCUT2D eigenvalue weighted by Crippen LogP contribution is 2.29. The molecule has 15 heavy (non-hydrogen) atoms. The first-order valence-corrected chi connectivity index (χ1v) is 6.44. The van der Waals surface area contributed by atoms with Crippen molar-refractivity contribution in [1.29, 1.82) is 0 Å². The van der Waals surface area contributed by atoms with Gasteiger partial charge in [-0.1, -0.05) is 6.92 Å². The second kappa shape index (κ2) is 5.28. The van der Waals surface area contributed by atoms with Gasteiger partial charge in [0.2, 0.25) is 0 Å². The monoisotopic (exact) mass is 212 g/mol. The van der Waals surface area contributed by atoms with Crippen LogP contribution in [0.1, 0.15) is 39.0 Å². The molecule has 2 fully saturated rings. The normalized spacial score (nSPS) is 35.0. The van der Waals surface area contributed by atoms with E-state index >= 15 is 0 Å².